The molecule has 0 saturated heterocycles. The van der Waals surface area contributed by atoms with Crippen LogP contribution in [0.5, 0.6) is 0 Å². The van der Waals surface area contributed by atoms with Gasteiger partial charge in [0.2, 0.25) is 0 Å². The molecule has 2 aromatic rings. The van der Waals surface area contributed by atoms with E-state index in [1.807, 2.05) is 18.7 Å². The fourth-order valence-corrected chi connectivity index (χ4v) is 4.73. The molecule has 1 aliphatic rings. The molecular weight excluding hydrogens is 286 g/mol. The van der Waals surface area contributed by atoms with E-state index in [4.69, 9.17) is 5.73 Å². The maximum Gasteiger partial charge on any atom is 0.0887 e. The number of benzene rings is 2. The molecule has 1 nitrogen and oxygen atoms in total. The summed E-state index contributed by atoms with van der Waals surface area (Å²) < 4.78 is -0.103. The van der Waals surface area contributed by atoms with Crippen molar-refractivity contribution in [3.8, 4) is 0 Å². The van der Waals surface area contributed by atoms with Gasteiger partial charge >= 0.3 is 0 Å². The van der Waals surface area contributed by atoms with Gasteiger partial charge in [-0.3, -0.25) is 0 Å². The molecule has 0 radical (unpaired) electrons. The largest absolute Gasteiger partial charge is 0.401 e. The fraction of sp³-hybridized carbons (Fsp3) is 0.300. The van der Waals surface area contributed by atoms with Crippen molar-refractivity contribution in [2.24, 2.45) is 5.73 Å². The second kappa shape index (κ2) is 5.51. The topological polar surface area (TPSA) is 26.0 Å². The quantitative estimate of drug-likeness (QED) is 0.861. The first-order valence-electron chi connectivity index (χ1n) is 7.76. The smallest absolute Gasteiger partial charge is 0.0887 e. The van der Waals surface area contributed by atoms with Crippen molar-refractivity contribution in [2.45, 2.75) is 43.8 Å². The Hall–Kier alpha value is -1.67. The maximum atomic E-state index is 6.45. The van der Waals surface area contributed by atoms with E-state index in [1.165, 1.54) is 32.7 Å². The number of aryl methyl sites for hydroxylation is 1. The zero-order chi connectivity index (χ0) is 15.9. The van der Waals surface area contributed by atoms with Gasteiger partial charge in [0.25, 0.3) is 0 Å². The molecule has 0 heterocycles. The Balaban J connectivity index is 2.12. The van der Waals surface area contributed by atoms with Gasteiger partial charge in [-0.1, -0.05) is 30.3 Å². The molecule has 0 aromatic heterocycles. The van der Waals surface area contributed by atoms with Crippen LogP contribution in [-0.2, 0) is 11.2 Å². The summed E-state index contributed by atoms with van der Waals surface area (Å²) in [5.41, 5.74) is 14.5. The van der Waals surface area contributed by atoms with Crippen LogP contribution >= 0.6 is 11.8 Å². The number of rotatable bonds is 3. The van der Waals surface area contributed by atoms with Gasteiger partial charge in [-0.25, -0.2) is 0 Å². The molecule has 0 spiro atoms. The molecule has 2 aromatic carbocycles. The Morgan fingerprint density at radius 2 is 1.82 bits per heavy atom. The van der Waals surface area contributed by atoms with Crippen molar-refractivity contribution in [3.63, 3.8) is 0 Å². The Bertz CT molecular complexity index is 746. The summed E-state index contributed by atoms with van der Waals surface area (Å²) in [6.45, 7) is 8.69. The molecule has 1 atom stereocenters. The van der Waals surface area contributed by atoms with Gasteiger partial charge in [0.05, 0.1) is 4.75 Å². The summed E-state index contributed by atoms with van der Waals surface area (Å²) >= 11 is 1.88. The Labute approximate surface area is 137 Å². The van der Waals surface area contributed by atoms with E-state index < -0.39 is 0 Å². The Morgan fingerprint density at radius 1 is 1.14 bits per heavy atom. The van der Waals surface area contributed by atoms with Crippen LogP contribution in [0.15, 0.2) is 53.1 Å². The number of hydrogen-bond donors (Lipinski definition) is 1. The number of nitrogens with two attached hydrogens (primary N) is 1. The van der Waals surface area contributed by atoms with Gasteiger partial charge < -0.3 is 5.73 Å². The molecular formula is C20H23NS. The van der Waals surface area contributed by atoms with E-state index in [1.54, 1.807) is 0 Å². The highest BCUT2D eigenvalue weighted by atomic mass is 32.2. The van der Waals surface area contributed by atoms with E-state index >= 15 is 0 Å². The summed E-state index contributed by atoms with van der Waals surface area (Å²) in [6.07, 6.45) is 3.08. The average molecular weight is 309 g/mol. The zero-order valence-electron chi connectivity index (χ0n) is 13.7. The second-order valence-electron chi connectivity index (χ2n) is 6.13. The number of thioether (sulfide) groups is 1. The van der Waals surface area contributed by atoms with Crippen LogP contribution < -0.4 is 5.73 Å². The summed E-state index contributed by atoms with van der Waals surface area (Å²) in [6, 6.07) is 12.9. The van der Waals surface area contributed by atoms with Gasteiger partial charge in [-0.2, -0.15) is 0 Å². The summed E-state index contributed by atoms with van der Waals surface area (Å²) in [5, 5.41) is 0. The van der Waals surface area contributed by atoms with Gasteiger partial charge in [0, 0.05) is 10.6 Å². The van der Waals surface area contributed by atoms with Crippen molar-refractivity contribution in [3.05, 3.63) is 76.0 Å². The molecule has 1 unspecified atom stereocenters. The lowest BCUT2D eigenvalue weighted by molar-refractivity contribution is 0.615. The van der Waals surface area contributed by atoms with Gasteiger partial charge in [0.1, 0.15) is 0 Å². The molecule has 3 rings (SSSR count). The molecule has 22 heavy (non-hydrogen) atoms. The third kappa shape index (κ3) is 2.17. The molecule has 0 fully saturated rings. The summed E-state index contributed by atoms with van der Waals surface area (Å²) in [7, 11) is 0. The van der Waals surface area contributed by atoms with E-state index in [0.717, 1.165) is 12.1 Å². The van der Waals surface area contributed by atoms with Crippen molar-refractivity contribution in [1.29, 1.82) is 0 Å². The van der Waals surface area contributed by atoms with Crippen molar-refractivity contribution in [2.75, 3.05) is 0 Å². The molecule has 114 valence electrons. The molecule has 1 aliphatic carbocycles. The van der Waals surface area contributed by atoms with E-state index in [0.29, 0.717) is 0 Å². The third-order valence-electron chi connectivity index (χ3n) is 4.97. The number of hydrogen-bond acceptors (Lipinski definition) is 2. The standard InChI is InChI=1S/C20H23NS/c1-5-19(21)20(22-16-9-7-6-8-10-16)12-17-15(4)14(3)13(2)11-18(17)20/h5-11H,12,21H2,1-4H3/b19-5-. The summed E-state index contributed by atoms with van der Waals surface area (Å²) in [5.74, 6) is 0. The SMILES string of the molecule is C/C=C(\N)C1(Sc2ccccc2)Cc2c1cc(C)c(C)c2C. The van der Waals surface area contributed by atoms with E-state index in [2.05, 4.69) is 63.2 Å². The number of allylic oxidation sites excluding steroid dienone is 1. The molecule has 2 N–H and O–H groups in total. The van der Waals surface area contributed by atoms with Crippen LogP contribution in [0.3, 0.4) is 0 Å². The molecule has 2 heteroatoms. The highest BCUT2D eigenvalue weighted by Gasteiger charge is 2.47. The predicted octanol–water partition coefficient (Wildman–Crippen LogP) is 5.02. The molecule has 0 bridgehead atoms. The van der Waals surface area contributed by atoms with Crippen molar-refractivity contribution in [1.82, 2.24) is 0 Å². The average Bonchev–Trinajstić information content (AvgIpc) is 2.53. The lowest BCUT2D eigenvalue weighted by Crippen LogP contribution is -2.41. The van der Waals surface area contributed by atoms with Crippen LogP contribution in [0.2, 0.25) is 0 Å². The first-order valence-corrected chi connectivity index (χ1v) is 8.57. The minimum absolute atomic E-state index is 0.103. The first kappa shape index (κ1) is 15.2. The minimum Gasteiger partial charge on any atom is -0.401 e. The first-order chi connectivity index (χ1) is 10.5. The van der Waals surface area contributed by atoms with Crippen LogP contribution in [0.25, 0.3) is 0 Å². The maximum absolute atomic E-state index is 6.45. The van der Waals surface area contributed by atoms with E-state index in [-0.39, 0.29) is 4.75 Å². The molecule has 0 saturated carbocycles. The van der Waals surface area contributed by atoms with Crippen LogP contribution in [0, 0.1) is 20.8 Å². The van der Waals surface area contributed by atoms with Crippen molar-refractivity contribution >= 4 is 11.8 Å². The lowest BCUT2D eigenvalue weighted by atomic mass is 9.71. The normalized spacial score (nSPS) is 20.5. The highest BCUT2D eigenvalue weighted by molar-refractivity contribution is 8.00. The minimum atomic E-state index is -0.103. The Kier molecular flexibility index (Phi) is 3.82. The Morgan fingerprint density at radius 3 is 2.45 bits per heavy atom. The lowest BCUT2D eigenvalue weighted by Gasteiger charge is -2.45. The third-order valence-corrected chi connectivity index (χ3v) is 6.42. The summed E-state index contributed by atoms with van der Waals surface area (Å²) in [4.78, 5) is 1.27. The monoisotopic (exact) mass is 309 g/mol. The van der Waals surface area contributed by atoms with Crippen LogP contribution in [0.1, 0.15) is 34.7 Å². The van der Waals surface area contributed by atoms with Crippen LogP contribution in [0.4, 0.5) is 0 Å². The number of fused-ring (bicyclic) bond motifs is 1. The molecule has 0 aliphatic heterocycles. The predicted molar refractivity (Wildman–Crippen MR) is 96.3 cm³/mol. The van der Waals surface area contributed by atoms with Gasteiger partial charge in [-0.05, 0) is 74.1 Å². The second-order valence-corrected chi connectivity index (χ2v) is 7.50. The van der Waals surface area contributed by atoms with E-state index in [9.17, 15) is 0 Å². The highest BCUT2D eigenvalue weighted by Crippen LogP contribution is 2.56. The van der Waals surface area contributed by atoms with Gasteiger partial charge in [-0.15, -0.1) is 11.8 Å². The van der Waals surface area contributed by atoms with Crippen molar-refractivity contribution < 1.29 is 0 Å². The molecule has 0 amide bonds. The van der Waals surface area contributed by atoms with Crippen LogP contribution in [-0.4, -0.2) is 0 Å². The van der Waals surface area contributed by atoms with Gasteiger partial charge in [0.15, 0.2) is 0 Å². The zero-order valence-corrected chi connectivity index (χ0v) is 14.6. The fourth-order valence-electron chi connectivity index (χ4n) is 3.29.